The SMILES string of the molecule is [NH3+][C@H]1CCCC[NH2+]1. The Bertz CT molecular complexity index is 48.0. The molecule has 1 rings (SSSR count). The lowest BCUT2D eigenvalue weighted by Crippen LogP contribution is -3.03. The molecule has 0 radical (unpaired) electrons. The van der Waals surface area contributed by atoms with Crippen LogP contribution in [0.4, 0.5) is 0 Å². The first-order chi connectivity index (χ1) is 3.39. The zero-order chi connectivity index (χ0) is 5.11. The quantitative estimate of drug-likeness (QED) is 0.366. The van der Waals surface area contributed by atoms with E-state index in [1.165, 1.54) is 25.8 Å². The highest BCUT2D eigenvalue weighted by atomic mass is 15.0. The van der Waals surface area contributed by atoms with Gasteiger partial charge in [0.15, 0.2) is 0 Å². The zero-order valence-corrected chi connectivity index (χ0v) is 4.69. The molecule has 1 saturated heterocycles. The van der Waals surface area contributed by atoms with Crippen LogP contribution in [0.15, 0.2) is 0 Å². The number of rotatable bonds is 0. The zero-order valence-electron chi connectivity index (χ0n) is 4.69. The van der Waals surface area contributed by atoms with Gasteiger partial charge in [-0.15, -0.1) is 0 Å². The van der Waals surface area contributed by atoms with E-state index in [4.69, 9.17) is 0 Å². The van der Waals surface area contributed by atoms with Crippen LogP contribution < -0.4 is 11.1 Å². The fraction of sp³-hybridized carbons (Fsp3) is 1.00. The molecule has 7 heavy (non-hydrogen) atoms. The van der Waals surface area contributed by atoms with Crippen molar-refractivity contribution < 1.29 is 11.1 Å². The smallest absolute Gasteiger partial charge is 0.208 e. The largest absolute Gasteiger partial charge is 0.309 e. The molecular formula is C5H14N2+2. The molecule has 0 amide bonds. The van der Waals surface area contributed by atoms with Crippen molar-refractivity contribution in [2.45, 2.75) is 25.4 Å². The molecule has 0 aromatic rings. The summed E-state index contributed by atoms with van der Waals surface area (Å²) in [6, 6.07) is 0. The molecule has 1 fully saturated rings. The predicted octanol–water partition coefficient (Wildman–Crippen LogP) is -1.70. The van der Waals surface area contributed by atoms with Gasteiger partial charge in [-0.05, 0) is 12.8 Å². The third kappa shape index (κ3) is 1.45. The monoisotopic (exact) mass is 102 g/mol. The lowest BCUT2D eigenvalue weighted by molar-refractivity contribution is -0.819. The van der Waals surface area contributed by atoms with E-state index in [0.717, 1.165) is 0 Å². The molecular weight excluding hydrogens is 88.1 g/mol. The summed E-state index contributed by atoms with van der Waals surface area (Å²) in [5.74, 6) is 0. The van der Waals surface area contributed by atoms with Gasteiger partial charge in [0, 0.05) is 0 Å². The van der Waals surface area contributed by atoms with Crippen LogP contribution >= 0.6 is 0 Å². The molecule has 0 unspecified atom stereocenters. The average molecular weight is 102 g/mol. The summed E-state index contributed by atoms with van der Waals surface area (Å²) in [7, 11) is 0. The van der Waals surface area contributed by atoms with E-state index >= 15 is 0 Å². The fourth-order valence-electron chi connectivity index (χ4n) is 1.02. The molecule has 1 heterocycles. The third-order valence-corrected chi connectivity index (χ3v) is 1.53. The van der Waals surface area contributed by atoms with Crippen LogP contribution in [0.2, 0.25) is 0 Å². The Morgan fingerprint density at radius 2 is 2.29 bits per heavy atom. The van der Waals surface area contributed by atoms with Gasteiger partial charge in [0.05, 0.1) is 13.0 Å². The minimum atomic E-state index is 0.661. The van der Waals surface area contributed by atoms with Gasteiger partial charge in [-0.2, -0.15) is 0 Å². The van der Waals surface area contributed by atoms with Crippen molar-refractivity contribution >= 4 is 0 Å². The van der Waals surface area contributed by atoms with Crippen LogP contribution in [-0.4, -0.2) is 12.7 Å². The number of nitrogens with two attached hydrogens (primary N) is 1. The second-order valence-corrected chi connectivity index (χ2v) is 2.28. The van der Waals surface area contributed by atoms with E-state index in [0.29, 0.717) is 6.17 Å². The first kappa shape index (κ1) is 5.06. The van der Waals surface area contributed by atoms with E-state index in [2.05, 4.69) is 11.1 Å². The molecule has 0 aliphatic carbocycles. The molecule has 0 aromatic carbocycles. The van der Waals surface area contributed by atoms with Crippen molar-refractivity contribution in [3.63, 3.8) is 0 Å². The fourth-order valence-corrected chi connectivity index (χ4v) is 1.02. The molecule has 42 valence electrons. The Morgan fingerprint density at radius 3 is 2.57 bits per heavy atom. The molecule has 2 heteroatoms. The summed E-state index contributed by atoms with van der Waals surface area (Å²) < 4.78 is 0. The van der Waals surface area contributed by atoms with Gasteiger partial charge in [-0.25, -0.2) is 0 Å². The number of quaternary nitrogens is 2. The minimum absolute atomic E-state index is 0.661. The van der Waals surface area contributed by atoms with E-state index in [1.807, 2.05) is 0 Å². The maximum atomic E-state index is 3.94. The van der Waals surface area contributed by atoms with Crippen LogP contribution in [0.5, 0.6) is 0 Å². The first-order valence-electron chi connectivity index (χ1n) is 3.06. The highest BCUT2D eigenvalue weighted by molar-refractivity contribution is 4.44. The Morgan fingerprint density at radius 1 is 1.43 bits per heavy atom. The Hall–Kier alpha value is -0.0800. The van der Waals surface area contributed by atoms with Crippen molar-refractivity contribution in [1.82, 2.24) is 0 Å². The van der Waals surface area contributed by atoms with E-state index < -0.39 is 0 Å². The van der Waals surface area contributed by atoms with Gasteiger partial charge in [-0.3, -0.25) is 5.32 Å². The van der Waals surface area contributed by atoms with Crippen LogP contribution in [0.3, 0.4) is 0 Å². The second-order valence-electron chi connectivity index (χ2n) is 2.28. The Kier molecular flexibility index (Phi) is 1.65. The van der Waals surface area contributed by atoms with Crippen LogP contribution in [0.25, 0.3) is 0 Å². The predicted molar refractivity (Wildman–Crippen MR) is 27.3 cm³/mol. The lowest BCUT2D eigenvalue weighted by atomic mass is 10.1. The van der Waals surface area contributed by atoms with Crippen molar-refractivity contribution in [1.29, 1.82) is 0 Å². The highest BCUT2D eigenvalue weighted by Gasteiger charge is 2.11. The molecule has 1 aliphatic heterocycles. The van der Waals surface area contributed by atoms with Gasteiger partial charge in [0.25, 0.3) is 0 Å². The number of piperidine rings is 1. The first-order valence-corrected chi connectivity index (χ1v) is 3.06. The number of hydrogen-bond donors (Lipinski definition) is 2. The third-order valence-electron chi connectivity index (χ3n) is 1.53. The number of hydrogen-bond acceptors (Lipinski definition) is 0. The van der Waals surface area contributed by atoms with Crippen molar-refractivity contribution in [2.75, 3.05) is 6.54 Å². The molecule has 0 aromatic heterocycles. The molecule has 0 bridgehead atoms. The summed E-state index contributed by atoms with van der Waals surface area (Å²) in [6.07, 6.45) is 4.77. The molecule has 0 saturated carbocycles. The van der Waals surface area contributed by atoms with E-state index in [1.54, 1.807) is 0 Å². The summed E-state index contributed by atoms with van der Waals surface area (Å²) in [5.41, 5.74) is 3.94. The van der Waals surface area contributed by atoms with E-state index in [-0.39, 0.29) is 0 Å². The van der Waals surface area contributed by atoms with Gasteiger partial charge in [0.1, 0.15) is 0 Å². The molecule has 5 N–H and O–H groups in total. The maximum absolute atomic E-state index is 3.94. The normalized spacial score (nSPS) is 33.0. The molecule has 1 atom stereocenters. The van der Waals surface area contributed by atoms with Crippen LogP contribution in [0, 0.1) is 0 Å². The summed E-state index contributed by atoms with van der Waals surface area (Å²) in [5, 5.41) is 2.32. The van der Waals surface area contributed by atoms with Gasteiger partial charge >= 0.3 is 0 Å². The topological polar surface area (TPSA) is 44.2 Å². The second kappa shape index (κ2) is 2.28. The maximum Gasteiger partial charge on any atom is 0.208 e. The molecule has 2 nitrogen and oxygen atoms in total. The molecule has 0 spiro atoms. The highest BCUT2D eigenvalue weighted by Crippen LogP contribution is 1.94. The van der Waals surface area contributed by atoms with Gasteiger partial charge in [0.2, 0.25) is 6.17 Å². The summed E-state index contributed by atoms with van der Waals surface area (Å²) in [6.45, 7) is 1.30. The molecule has 1 aliphatic rings. The Balaban J connectivity index is 2.12. The van der Waals surface area contributed by atoms with Crippen molar-refractivity contribution in [2.24, 2.45) is 0 Å². The standard InChI is InChI=1S/C5H12N2/c6-5-3-1-2-4-7-5/h5,7H,1-4,6H2/p+2/t5-/m1/s1. The average Bonchev–Trinajstić information content (AvgIpc) is 1.69. The van der Waals surface area contributed by atoms with E-state index in [9.17, 15) is 0 Å². The van der Waals surface area contributed by atoms with Crippen LogP contribution in [-0.2, 0) is 0 Å². The minimum Gasteiger partial charge on any atom is -0.309 e. The van der Waals surface area contributed by atoms with Gasteiger partial charge in [-0.1, -0.05) is 0 Å². The Labute approximate surface area is 44.1 Å². The lowest BCUT2D eigenvalue weighted by Gasteiger charge is -2.11. The summed E-state index contributed by atoms with van der Waals surface area (Å²) in [4.78, 5) is 0. The van der Waals surface area contributed by atoms with Crippen LogP contribution in [0.1, 0.15) is 19.3 Å². The summed E-state index contributed by atoms with van der Waals surface area (Å²) >= 11 is 0. The van der Waals surface area contributed by atoms with Gasteiger partial charge < -0.3 is 5.73 Å². The van der Waals surface area contributed by atoms with Crippen molar-refractivity contribution in [3.05, 3.63) is 0 Å². The van der Waals surface area contributed by atoms with Crippen molar-refractivity contribution in [3.8, 4) is 0 Å².